The van der Waals surface area contributed by atoms with E-state index in [0.29, 0.717) is 11.4 Å². The molecule has 0 aliphatic carbocycles. The standard InChI is InChI=1S/C12H12ClFN2O4S/c1-7(17)15-11-3-2-8(4-10(11)13)16-6-9(5-12(16)18)21(14,19)20/h2-4,9H,5-6H2,1H3,(H,15,17). The summed E-state index contributed by atoms with van der Waals surface area (Å²) in [5.74, 6) is -0.796. The molecule has 1 aliphatic heterocycles. The van der Waals surface area contributed by atoms with E-state index < -0.39 is 27.8 Å². The van der Waals surface area contributed by atoms with Gasteiger partial charge in [-0.15, -0.1) is 3.89 Å². The highest BCUT2D eigenvalue weighted by molar-refractivity contribution is 7.87. The number of hydrogen-bond acceptors (Lipinski definition) is 4. The van der Waals surface area contributed by atoms with Crippen molar-refractivity contribution in [1.29, 1.82) is 0 Å². The van der Waals surface area contributed by atoms with Gasteiger partial charge in [-0.05, 0) is 18.2 Å². The maximum Gasteiger partial charge on any atom is 0.307 e. The SMILES string of the molecule is CC(=O)Nc1ccc(N2CC(S(=O)(=O)F)CC2=O)cc1Cl. The van der Waals surface area contributed by atoms with Crippen LogP contribution in [0.2, 0.25) is 5.02 Å². The lowest BCUT2D eigenvalue weighted by Gasteiger charge is -2.17. The zero-order chi connectivity index (χ0) is 15.8. The number of carbonyl (C=O) groups excluding carboxylic acids is 2. The van der Waals surface area contributed by atoms with Gasteiger partial charge in [-0.2, -0.15) is 8.42 Å². The van der Waals surface area contributed by atoms with Crippen molar-refractivity contribution in [2.24, 2.45) is 0 Å². The Morgan fingerprint density at radius 3 is 2.62 bits per heavy atom. The van der Waals surface area contributed by atoms with Gasteiger partial charge in [-0.25, -0.2) is 0 Å². The molecule has 2 rings (SSSR count). The van der Waals surface area contributed by atoms with Crippen molar-refractivity contribution in [3.05, 3.63) is 23.2 Å². The Bertz CT molecular complexity index is 707. The Kier molecular flexibility index (Phi) is 4.20. The molecule has 0 bridgehead atoms. The van der Waals surface area contributed by atoms with Crippen LogP contribution in [0, 0.1) is 0 Å². The van der Waals surface area contributed by atoms with Gasteiger partial charge in [-0.3, -0.25) is 9.59 Å². The molecular formula is C12H12ClFN2O4S. The van der Waals surface area contributed by atoms with Crippen molar-refractivity contribution in [3.8, 4) is 0 Å². The summed E-state index contributed by atoms with van der Waals surface area (Å²) in [6, 6.07) is 4.41. The van der Waals surface area contributed by atoms with Gasteiger partial charge in [-0.1, -0.05) is 11.6 Å². The molecule has 9 heteroatoms. The molecule has 1 saturated heterocycles. The predicted molar refractivity (Wildman–Crippen MR) is 76.5 cm³/mol. The molecule has 1 atom stereocenters. The van der Waals surface area contributed by atoms with Crippen LogP contribution >= 0.6 is 11.6 Å². The second kappa shape index (κ2) is 5.61. The molecule has 6 nitrogen and oxygen atoms in total. The molecule has 0 aromatic heterocycles. The molecule has 1 aromatic rings. The summed E-state index contributed by atoms with van der Waals surface area (Å²) < 4.78 is 34.7. The van der Waals surface area contributed by atoms with Crippen LogP contribution in [-0.2, 0) is 19.8 Å². The molecule has 114 valence electrons. The van der Waals surface area contributed by atoms with Gasteiger partial charge in [0.1, 0.15) is 5.25 Å². The van der Waals surface area contributed by atoms with Crippen LogP contribution in [0.15, 0.2) is 18.2 Å². The molecule has 2 amide bonds. The third-order valence-electron chi connectivity index (χ3n) is 3.06. The van der Waals surface area contributed by atoms with E-state index in [4.69, 9.17) is 11.6 Å². The first-order valence-corrected chi connectivity index (χ1v) is 7.82. The Balaban J connectivity index is 2.25. The first-order valence-electron chi connectivity index (χ1n) is 5.99. The molecule has 0 saturated carbocycles. The highest BCUT2D eigenvalue weighted by Crippen LogP contribution is 2.31. The van der Waals surface area contributed by atoms with E-state index in [1.165, 1.54) is 25.1 Å². The minimum Gasteiger partial charge on any atom is -0.325 e. The van der Waals surface area contributed by atoms with Gasteiger partial charge >= 0.3 is 10.2 Å². The van der Waals surface area contributed by atoms with Crippen molar-refractivity contribution in [3.63, 3.8) is 0 Å². The number of benzene rings is 1. The topological polar surface area (TPSA) is 83.6 Å². The van der Waals surface area contributed by atoms with Crippen molar-refractivity contribution in [2.45, 2.75) is 18.6 Å². The number of amides is 2. The maximum atomic E-state index is 13.0. The predicted octanol–water partition coefficient (Wildman–Crippen LogP) is 1.70. The fraction of sp³-hybridized carbons (Fsp3) is 0.333. The molecule has 0 radical (unpaired) electrons. The van der Waals surface area contributed by atoms with Crippen LogP contribution in [0.4, 0.5) is 15.3 Å². The lowest BCUT2D eigenvalue weighted by atomic mass is 10.2. The van der Waals surface area contributed by atoms with Crippen LogP contribution in [0.5, 0.6) is 0 Å². The normalized spacial score (nSPS) is 18.9. The van der Waals surface area contributed by atoms with E-state index >= 15 is 0 Å². The number of halogens is 2. The van der Waals surface area contributed by atoms with Crippen molar-refractivity contribution < 1.29 is 21.9 Å². The van der Waals surface area contributed by atoms with E-state index in [9.17, 15) is 21.9 Å². The van der Waals surface area contributed by atoms with Crippen molar-refractivity contribution in [1.82, 2.24) is 0 Å². The Morgan fingerprint density at radius 2 is 2.14 bits per heavy atom. The average Bonchev–Trinajstić information content (AvgIpc) is 2.73. The fourth-order valence-electron chi connectivity index (χ4n) is 2.08. The number of nitrogens with zero attached hydrogens (tertiary/aromatic N) is 1. The summed E-state index contributed by atoms with van der Waals surface area (Å²) in [4.78, 5) is 23.9. The first kappa shape index (κ1) is 15.7. The Labute approximate surface area is 126 Å². The fourth-order valence-corrected chi connectivity index (χ4v) is 2.97. The summed E-state index contributed by atoms with van der Waals surface area (Å²) in [7, 11) is -4.76. The van der Waals surface area contributed by atoms with Gasteiger partial charge in [0.15, 0.2) is 0 Å². The quantitative estimate of drug-likeness (QED) is 0.853. The number of hydrogen-bond donors (Lipinski definition) is 1. The van der Waals surface area contributed by atoms with Crippen LogP contribution < -0.4 is 10.2 Å². The number of anilines is 2. The van der Waals surface area contributed by atoms with Gasteiger partial charge in [0.25, 0.3) is 0 Å². The Hall–Kier alpha value is -1.67. The molecule has 1 aliphatic rings. The third-order valence-corrected chi connectivity index (χ3v) is 4.49. The summed E-state index contributed by atoms with van der Waals surface area (Å²) in [5, 5.41) is 1.34. The number of nitrogens with one attached hydrogen (secondary N) is 1. The summed E-state index contributed by atoms with van der Waals surface area (Å²) in [5.41, 5.74) is 0.722. The molecule has 1 unspecified atom stereocenters. The van der Waals surface area contributed by atoms with Crippen molar-refractivity contribution >= 4 is 45.0 Å². The average molecular weight is 335 g/mol. The molecule has 21 heavy (non-hydrogen) atoms. The third kappa shape index (κ3) is 3.51. The van der Waals surface area contributed by atoms with Crippen LogP contribution in [0.25, 0.3) is 0 Å². The van der Waals surface area contributed by atoms with E-state index in [1.54, 1.807) is 0 Å². The lowest BCUT2D eigenvalue weighted by Crippen LogP contribution is -2.26. The molecule has 0 spiro atoms. The van der Waals surface area contributed by atoms with E-state index in [0.717, 1.165) is 4.90 Å². The molecule has 1 fully saturated rings. The highest BCUT2D eigenvalue weighted by Gasteiger charge is 2.39. The lowest BCUT2D eigenvalue weighted by molar-refractivity contribution is -0.117. The number of carbonyl (C=O) groups is 2. The maximum absolute atomic E-state index is 13.0. The zero-order valence-electron chi connectivity index (χ0n) is 11.0. The zero-order valence-corrected chi connectivity index (χ0v) is 12.5. The molecule has 1 heterocycles. The van der Waals surface area contributed by atoms with Crippen LogP contribution in [0.3, 0.4) is 0 Å². The van der Waals surface area contributed by atoms with E-state index in [1.807, 2.05) is 0 Å². The van der Waals surface area contributed by atoms with Crippen LogP contribution in [-0.4, -0.2) is 32.0 Å². The minimum absolute atomic E-state index is 0.196. The van der Waals surface area contributed by atoms with Gasteiger partial charge in [0.05, 0.1) is 10.7 Å². The monoisotopic (exact) mass is 334 g/mol. The summed E-state index contributed by atoms with van der Waals surface area (Å²) in [6.07, 6.45) is -0.399. The summed E-state index contributed by atoms with van der Waals surface area (Å²) in [6.45, 7) is 1.07. The summed E-state index contributed by atoms with van der Waals surface area (Å²) >= 11 is 5.98. The second-order valence-electron chi connectivity index (χ2n) is 4.65. The smallest absolute Gasteiger partial charge is 0.307 e. The highest BCUT2D eigenvalue weighted by atomic mass is 35.5. The minimum atomic E-state index is -4.76. The Morgan fingerprint density at radius 1 is 1.48 bits per heavy atom. The van der Waals surface area contributed by atoms with Crippen molar-refractivity contribution in [2.75, 3.05) is 16.8 Å². The largest absolute Gasteiger partial charge is 0.325 e. The second-order valence-corrected chi connectivity index (χ2v) is 6.68. The van der Waals surface area contributed by atoms with Gasteiger partial charge < -0.3 is 10.2 Å². The molecular weight excluding hydrogens is 323 g/mol. The van der Waals surface area contributed by atoms with E-state index in [2.05, 4.69) is 5.32 Å². The number of rotatable bonds is 3. The van der Waals surface area contributed by atoms with Gasteiger partial charge in [0, 0.05) is 25.6 Å². The van der Waals surface area contributed by atoms with Crippen LogP contribution in [0.1, 0.15) is 13.3 Å². The van der Waals surface area contributed by atoms with E-state index in [-0.39, 0.29) is 17.5 Å². The molecule has 1 aromatic carbocycles. The first-order chi connectivity index (χ1) is 9.68. The molecule has 1 N–H and O–H groups in total. The van der Waals surface area contributed by atoms with Gasteiger partial charge in [0.2, 0.25) is 11.8 Å².